The molecule has 2 aromatic carbocycles. The third-order valence-corrected chi connectivity index (χ3v) is 3.89. The minimum absolute atomic E-state index is 0.187. The number of anilines is 1. The van der Waals surface area contributed by atoms with Crippen LogP contribution in [0.5, 0.6) is 11.5 Å². The molecule has 1 aromatic heterocycles. The summed E-state index contributed by atoms with van der Waals surface area (Å²) < 4.78 is 10.7. The molecule has 0 spiro atoms. The third-order valence-electron chi connectivity index (χ3n) is 3.56. The summed E-state index contributed by atoms with van der Waals surface area (Å²) >= 11 is 6.14. The van der Waals surface area contributed by atoms with Crippen LogP contribution in [0, 0.1) is 0 Å². The summed E-state index contributed by atoms with van der Waals surface area (Å²) in [6.45, 7) is -0.393. The summed E-state index contributed by atoms with van der Waals surface area (Å²) in [6.07, 6.45) is 1.63. The highest BCUT2D eigenvalue weighted by molar-refractivity contribution is 6.35. The molecule has 3 rings (SSSR count). The van der Waals surface area contributed by atoms with Crippen LogP contribution in [0.1, 0.15) is 0 Å². The van der Waals surface area contributed by atoms with Crippen LogP contribution in [-0.2, 0) is 9.59 Å². The number of nitrogens with one attached hydrogen (secondary N) is 1. The molecule has 0 radical (unpaired) electrons. The average Bonchev–Trinajstić information content (AvgIpc) is 2.67. The molecule has 0 aliphatic heterocycles. The zero-order chi connectivity index (χ0) is 19.2. The Labute approximate surface area is 160 Å². The van der Waals surface area contributed by atoms with Gasteiger partial charge in [-0.25, -0.2) is 0 Å². The van der Waals surface area contributed by atoms with Gasteiger partial charge in [0.15, 0.2) is 13.2 Å². The van der Waals surface area contributed by atoms with Crippen molar-refractivity contribution in [3.05, 3.63) is 59.8 Å². The van der Waals surface area contributed by atoms with Gasteiger partial charge in [0.1, 0.15) is 17.0 Å². The number of benzene rings is 2. The molecule has 27 heavy (non-hydrogen) atoms. The summed E-state index contributed by atoms with van der Waals surface area (Å²) in [5.74, 6) is 0.0516. The van der Waals surface area contributed by atoms with Crippen LogP contribution >= 0.6 is 11.6 Å². The highest BCUT2D eigenvalue weighted by atomic mass is 35.5. The molecule has 0 saturated heterocycles. The molecule has 0 aliphatic carbocycles. The van der Waals surface area contributed by atoms with E-state index in [1.165, 1.54) is 0 Å². The number of hydrogen-bond donors (Lipinski definition) is 2. The van der Waals surface area contributed by atoms with Gasteiger partial charge in [0.05, 0.1) is 5.02 Å². The maximum atomic E-state index is 12.1. The second-order valence-electron chi connectivity index (χ2n) is 5.56. The van der Waals surface area contributed by atoms with Gasteiger partial charge in [-0.3, -0.25) is 14.6 Å². The van der Waals surface area contributed by atoms with Crippen molar-refractivity contribution in [2.24, 2.45) is 5.73 Å². The molecular formula is C19H16ClN3O4. The Morgan fingerprint density at radius 1 is 1.04 bits per heavy atom. The lowest BCUT2D eigenvalue weighted by molar-refractivity contribution is -0.120. The van der Waals surface area contributed by atoms with E-state index in [2.05, 4.69) is 10.3 Å². The number of carbonyl (C=O) groups excluding carboxylic acids is 2. The Morgan fingerprint density at radius 3 is 2.56 bits per heavy atom. The quantitative estimate of drug-likeness (QED) is 0.650. The highest BCUT2D eigenvalue weighted by Gasteiger charge is 2.09. The zero-order valence-electron chi connectivity index (χ0n) is 14.1. The third kappa shape index (κ3) is 4.86. The van der Waals surface area contributed by atoms with Crippen LogP contribution in [0.25, 0.3) is 10.9 Å². The van der Waals surface area contributed by atoms with E-state index < -0.39 is 5.91 Å². The van der Waals surface area contributed by atoms with Crippen molar-refractivity contribution in [2.75, 3.05) is 18.5 Å². The fraction of sp³-hybridized carbons (Fsp3) is 0.105. The topological polar surface area (TPSA) is 104 Å². The van der Waals surface area contributed by atoms with E-state index in [-0.39, 0.29) is 19.1 Å². The molecule has 3 N–H and O–H groups in total. The van der Waals surface area contributed by atoms with Crippen LogP contribution in [0.2, 0.25) is 5.02 Å². The number of pyridine rings is 1. The lowest BCUT2D eigenvalue weighted by atomic mass is 10.2. The molecule has 2 amide bonds. The smallest absolute Gasteiger partial charge is 0.262 e. The van der Waals surface area contributed by atoms with Crippen LogP contribution in [0.15, 0.2) is 54.7 Å². The number of halogens is 1. The minimum Gasteiger partial charge on any atom is -0.484 e. The number of hydrogen-bond acceptors (Lipinski definition) is 5. The van der Waals surface area contributed by atoms with Crippen LogP contribution in [-0.4, -0.2) is 30.0 Å². The maximum absolute atomic E-state index is 12.1. The van der Waals surface area contributed by atoms with E-state index >= 15 is 0 Å². The standard InChI is InChI=1S/C19H16ClN3O4/c20-15-7-8-16(19-14(15)2-1-9-22-19)27-11-18(25)23-12-3-5-13(6-4-12)26-10-17(21)24/h1-9H,10-11H2,(H2,21,24)(H,23,25). The van der Waals surface area contributed by atoms with Crippen molar-refractivity contribution in [2.45, 2.75) is 0 Å². The van der Waals surface area contributed by atoms with Gasteiger partial charge in [-0.05, 0) is 48.5 Å². The summed E-state index contributed by atoms with van der Waals surface area (Å²) in [6, 6.07) is 13.5. The molecule has 0 saturated carbocycles. The number of nitrogens with zero attached hydrogens (tertiary/aromatic N) is 1. The molecular weight excluding hydrogens is 370 g/mol. The highest BCUT2D eigenvalue weighted by Crippen LogP contribution is 2.29. The van der Waals surface area contributed by atoms with E-state index in [9.17, 15) is 9.59 Å². The summed E-state index contributed by atoms with van der Waals surface area (Å²) in [4.78, 5) is 27.1. The number of carbonyl (C=O) groups is 2. The first-order chi connectivity index (χ1) is 13.0. The molecule has 138 valence electrons. The second-order valence-corrected chi connectivity index (χ2v) is 5.97. The van der Waals surface area contributed by atoms with E-state index in [1.807, 2.05) is 6.07 Å². The molecule has 7 nitrogen and oxygen atoms in total. The molecule has 3 aromatic rings. The maximum Gasteiger partial charge on any atom is 0.262 e. The monoisotopic (exact) mass is 385 g/mol. The van der Waals surface area contributed by atoms with Crippen molar-refractivity contribution in [3.8, 4) is 11.5 Å². The van der Waals surface area contributed by atoms with E-state index in [4.69, 9.17) is 26.8 Å². The molecule has 0 fully saturated rings. The predicted octanol–water partition coefficient (Wildman–Crippen LogP) is 2.77. The van der Waals surface area contributed by atoms with Crippen molar-refractivity contribution in [1.29, 1.82) is 0 Å². The lowest BCUT2D eigenvalue weighted by Crippen LogP contribution is -2.20. The summed E-state index contributed by atoms with van der Waals surface area (Å²) in [7, 11) is 0. The Kier molecular flexibility index (Phi) is 5.73. The second kappa shape index (κ2) is 8.37. The Bertz CT molecular complexity index is 976. The van der Waals surface area contributed by atoms with Gasteiger partial charge in [0.2, 0.25) is 0 Å². The van der Waals surface area contributed by atoms with E-state index in [0.717, 1.165) is 5.39 Å². The Balaban J connectivity index is 1.59. The Hall–Kier alpha value is -3.32. The minimum atomic E-state index is -0.561. The average molecular weight is 386 g/mol. The number of fused-ring (bicyclic) bond motifs is 1. The van der Waals surface area contributed by atoms with Crippen LogP contribution in [0.4, 0.5) is 5.69 Å². The van der Waals surface area contributed by atoms with Crippen LogP contribution < -0.4 is 20.5 Å². The first kappa shape index (κ1) is 18.5. The molecule has 0 atom stereocenters. The van der Waals surface area contributed by atoms with Crippen LogP contribution in [0.3, 0.4) is 0 Å². The van der Waals surface area contributed by atoms with Crippen molar-refractivity contribution in [3.63, 3.8) is 0 Å². The number of amides is 2. The molecule has 0 aliphatic rings. The molecule has 0 unspecified atom stereocenters. The number of ether oxygens (including phenoxy) is 2. The van der Waals surface area contributed by atoms with Gasteiger partial charge in [-0.2, -0.15) is 0 Å². The van der Waals surface area contributed by atoms with Crippen molar-refractivity contribution in [1.82, 2.24) is 4.98 Å². The molecule has 0 bridgehead atoms. The van der Waals surface area contributed by atoms with Crippen molar-refractivity contribution >= 4 is 40.0 Å². The van der Waals surface area contributed by atoms with Gasteiger partial charge in [-0.1, -0.05) is 11.6 Å². The number of rotatable bonds is 7. The first-order valence-electron chi connectivity index (χ1n) is 8.00. The normalized spacial score (nSPS) is 10.4. The lowest BCUT2D eigenvalue weighted by Gasteiger charge is -2.10. The summed E-state index contributed by atoms with van der Waals surface area (Å²) in [5, 5.41) is 4.02. The van der Waals surface area contributed by atoms with Gasteiger partial charge in [0.25, 0.3) is 11.8 Å². The predicted molar refractivity (Wildman–Crippen MR) is 102 cm³/mol. The van der Waals surface area contributed by atoms with Gasteiger partial charge >= 0.3 is 0 Å². The number of primary amides is 1. The molecule has 8 heteroatoms. The zero-order valence-corrected chi connectivity index (χ0v) is 14.9. The summed E-state index contributed by atoms with van der Waals surface area (Å²) in [5.41, 5.74) is 6.17. The largest absolute Gasteiger partial charge is 0.484 e. The molecule has 1 heterocycles. The van der Waals surface area contributed by atoms with E-state index in [1.54, 1.807) is 48.7 Å². The Morgan fingerprint density at radius 2 is 1.81 bits per heavy atom. The van der Waals surface area contributed by atoms with Crippen molar-refractivity contribution < 1.29 is 19.1 Å². The first-order valence-corrected chi connectivity index (χ1v) is 8.38. The number of nitrogens with two attached hydrogens (primary N) is 1. The number of aromatic nitrogens is 1. The SMILES string of the molecule is NC(=O)COc1ccc(NC(=O)COc2ccc(Cl)c3cccnc23)cc1. The van der Waals surface area contributed by atoms with Gasteiger partial charge in [-0.15, -0.1) is 0 Å². The van der Waals surface area contributed by atoms with E-state index in [0.29, 0.717) is 27.7 Å². The van der Waals surface area contributed by atoms with Gasteiger partial charge < -0.3 is 20.5 Å². The fourth-order valence-corrected chi connectivity index (χ4v) is 2.57. The van der Waals surface area contributed by atoms with Gasteiger partial charge in [0, 0.05) is 17.3 Å². The fourth-order valence-electron chi connectivity index (χ4n) is 2.36.